The molecule has 6 nitrogen and oxygen atoms in total. The first-order valence-electron chi connectivity index (χ1n) is 8.13. The van der Waals surface area contributed by atoms with Crippen LogP contribution in [0.25, 0.3) is 0 Å². The van der Waals surface area contributed by atoms with Crippen molar-refractivity contribution >= 4 is 11.6 Å². The van der Waals surface area contributed by atoms with Gasteiger partial charge in [0.2, 0.25) is 0 Å². The summed E-state index contributed by atoms with van der Waals surface area (Å²) < 4.78 is 29.9. The maximum Gasteiger partial charge on any atom is 0.264 e. The number of rotatable bonds is 6. The van der Waals surface area contributed by atoms with Gasteiger partial charge >= 0.3 is 0 Å². The van der Waals surface area contributed by atoms with E-state index < -0.39 is 5.82 Å². The van der Waals surface area contributed by atoms with Gasteiger partial charge in [-0.05, 0) is 24.3 Å². The molecule has 0 bridgehead atoms. The van der Waals surface area contributed by atoms with E-state index >= 15 is 0 Å². The second-order valence-corrected chi connectivity index (χ2v) is 5.50. The van der Waals surface area contributed by atoms with Crippen molar-refractivity contribution in [2.24, 2.45) is 0 Å². The summed E-state index contributed by atoms with van der Waals surface area (Å²) in [6.07, 6.45) is 0.153. The third-order valence-electron chi connectivity index (χ3n) is 3.77. The topological polar surface area (TPSA) is 71.8 Å². The van der Waals surface area contributed by atoms with Crippen molar-refractivity contribution in [1.29, 1.82) is 5.26 Å². The standard InChI is InChI=1S/C19H17FN2O4/c20-15-4-1-2-5-16(15)26-13-19(23)22(9-3-8-21)14-6-7-17-18(12-14)25-11-10-24-17/h1-2,4-7,12H,3,9-11,13H2. The highest BCUT2D eigenvalue weighted by Gasteiger charge is 2.20. The van der Waals surface area contributed by atoms with Gasteiger partial charge in [0, 0.05) is 18.3 Å². The lowest BCUT2D eigenvalue weighted by Gasteiger charge is -2.25. The fourth-order valence-electron chi connectivity index (χ4n) is 2.54. The van der Waals surface area contributed by atoms with E-state index in [4.69, 9.17) is 19.5 Å². The minimum atomic E-state index is -0.539. The fourth-order valence-corrected chi connectivity index (χ4v) is 2.54. The van der Waals surface area contributed by atoms with Crippen LogP contribution in [0.15, 0.2) is 42.5 Å². The summed E-state index contributed by atoms with van der Waals surface area (Å²) in [7, 11) is 0. The summed E-state index contributed by atoms with van der Waals surface area (Å²) in [5.74, 6) is 0.223. The maximum atomic E-state index is 13.6. The Labute approximate surface area is 150 Å². The number of hydrogen-bond acceptors (Lipinski definition) is 5. The average Bonchev–Trinajstić information content (AvgIpc) is 2.67. The number of halogens is 1. The monoisotopic (exact) mass is 356 g/mol. The van der Waals surface area contributed by atoms with Crippen LogP contribution >= 0.6 is 0 Å². The van der Waals surface area contributed by atoms with E-state index in [1.54, 1.807) is 30.3 Å². The molecular weight excluding hydrogens is 339 g/mol. The van der Waals surface area contributed by atoms with Crippen molar-refractivity contribution in [2.45, 2.75) is 6.42 Å². The van der Waals surface area contributed by atoms with Gasteiger partial charge in [-0.1, -0.05) is 12.1 Å². The first kappa shape index (κ1) is 17.5. The third-order valence-corrected chi connectivity index (χ3v) is 3.77. The molecule has 1 amide bonds. The fraction of sp³-hybridized carbons (Fsp3) is 0.263. The van der Waals surface area contributed by atoms with Crippen LogP contribution in [0.5, 0.6) is 17.2 Å². The van der Waals surface area contributed by atoms with E-state index in [2.05, 4.69) is 0 Å². The van der Waals surface area contributed by atoms with E-state index in [-0.39, 0.29) is 31.2 Å². The van der Waals surface area contributed by atoms with Crippen molar-refractivity contribution < 1.29 is 23.4 Å². The van der Waals surface area contributed by atoms with Gasteiger partial charge in [0.1, 0.15) is 13.2 Å². The van der Waals surface area contributed by atoms with Crippen LogP contribution < -0.4 is 19.1 Å². The van der Waals surface area contributed by atoms with Crippen LogP contribution in [0.1, 0.15) is 6.42 Å². The molecule has 134 valence electrons. The smallest absolute Gasteiger partial charge is 0.264 e. The largest absolute Gasteiger partial charge is 0.486 e. The Bertz CT molecular complexity index is 835. The van der Waals surface area contributed by atoms with Gasteiger partial charge in [-0.2, -0.15) is 5.26 Å². The summed E-state index contributed by atoms with van der Waals surface area (Å²) in [5, 5.41) is 8.87. The predicted molar refractivity (Wildman–Crippen MR) is 91.9 cm³/mol. The minimum absolute atomic E-state index is 0.00302. The molecule has 3 rings (SSSR count). The van der Waals surface area contributed by atoms with Gasteiger partial charge in [0.05, 0.1) is 12.5 Å². The number of hydrogen-bond donors (Lipinski definition) is 0. The number of nitrogens with zero attached hydrogens (tertiary/aromatic N) is 2. The highest BCUT2D eigenvalue weighted by molar-refractivity contribution is 5.94. The molecule has 0 aliphatic carbocycles. The first-order valence-corrected chi connectivity index (χ1v) is 8.13. The van der Waals surface area contributed by atoms with Crippen LogP contribution in [-0.2, 0) is 4.79 Å². The number of fused-ring (bicyclic) bond motifs is 1. The molecule has 0 spiro atoms. The number of para-hydroxylation sites is 1. The molecule has 2 aromatic carbocycles. The first-order chi connectivity index (χ1) is 12.7. The van der Waals surface area contributed by atoms with E-state index in [0.717, 1.165) is 0 Å². The van der Waals surface area contributed by atoms with E-state index in [9.17, 15) is 9.18 Å². The van der Waals surface area contributed by atoms with Crippen LogP contribution in [0.3, 0.4) is 0 Å². The number of carbonyl (C=O) groups is 1. The summed E-state index contributed by atoms with van der Waals surface area (Å²) in [4.78, 5) is 14.0. The second-order valence-electron chi connectivity index (χ2n) is 5.50. The Kier molecular flexibility index (Phi) is 5.54. The second kappa shape index (κ2) is 8.21. The van der Waals surface area contributed by atoms with E-state index in [0.29, 0.717) is 30.4 Å². The quantitative estimate of drug-likeness (QED) is 0.796. The molecule has 0 saturated carbocycles. The number of anilines is 1. The van der Waals surface area contributed by atoms with Crippen molar-refractivity contribution in [3.8, 4) is 23.3 Å². The highest BCUT2D eigenvalue weighted by Crippen LogP contribution is 2.34. The van der Waals surface area contributed by atoms with Gasteiger partial charge < -0.3 is 19.1 Å². The van der Waals surface area contributed by atoms with Crippen molar-refractivity contribution in [2.75, 3.05) is 31.3 Å². The molecule has 0 radical (unpaired) electrons. The van der Waals surface area contributed by atoms with Gasteiger partial charge in [0.25, 0.3) is 5.91 Å². The van der Waals surface area contributed by atoms with Crippen molar-refractivity contribution in [1.82, 2.24) is 0 Å². The van der Waals surface area contributed by atoms with Gasteiger partial charge in [-0.25, -0.2) is 4.39 Å². The molecule has 0 fully saturated rings. The molecule has 0 aromatic heterocycles. The molecule has 0 N–H and O–H groups in total. The number of benzene rings is 2. The molecular formula is C19H17FN2O4. The SMILES string of the molecule is N#CCCN(C(=O)COc1ccccc1F)c1ccc2c(c1)OCCO2. The minimum Gasteiger partial charge on any atom is -0.486 e. The summed E-state index contributed by atoms with van der Waals surface area (Å²) in [5.41, 5.74) is 0.562. The summed E-state index contributed by atoms with van der Waals surface area (Å²) >= 11 is 0. The predicted octanol–water partition coefficient (Wildman–Crippen LogP) is 2.92. The van der Waals surface area contributed by atoms with Crippen LogP contribution in [-0.4, -0.2) is 32.3 Å². The Morgan fingerprint density at radius 2 is 1.96 bits per heavy atom. The van der Waals surface area contributed by atoms with Crippen LogP contribution in [0.4, 0.5) is 10.1 Å². The molecule has 7 heteroatoms. The average molecular weight is 356 g/mol. The Hall–Kier alpha value is -3.27. The lowest BCUT2D eigenvalue weighted by atomic mass is 10.2. The normalized spacial score (nSPS) is 12.2. The van der Waals surface area contributed by atoms with Crippen LogP contribution in [0, 0.1) is 17.1 Å². The molecule has 1 aliphatic heterocycles. The molecule has 1 aliphatic rings. The summed E-state index contributed by atoms with van der Waals surface area (Å²) in [6, 6.07) is 13.0. The summed E-state index contributed by atoms with van der Waals surface area (Å²) in [6.45, 7) is 0.745. The van der Waals surface area contributed by atoms with E-state index in [1.165, 1.54) is 17.0 Å². The molecule has 26 heavy (non-hydrogen) atoms. The van der Waals surface area contributed by atoms with Crippen molar-refractivity contribution in [3.63, 3.8) is 0 Å². The van der Waals surface area contributed by atoms with E-state index in [1.807, 2.05) is 6.07 Å². The number of carbonyl (C=O) groups excluding carboxylic acids is 1. The van der Waals surface area contributed by atoms with Crippen LogP contribution in [0.2, 0.25) is 0 Å². The molecule has 1 heterocycles. The zero-order chi connectivity index (χ0) is 18.4. The molecule has 2 aromatic rings. The zero-order valence-electron chi connectivity index (χ0n) is 14.0. The number of nitriles is 1. The molecule has 0 unspecified atom stereocenters. The lowest BCUT2D eigenvalue weighted by molar-refractivity contribution is -0.120. The van der Waals surface area contributed by atoms with Crippen molar-refractivity contribution in [3.05, 3.63) is 48.3 Å². The lowest BCUT2D eigenvalue weighted by Crippen LogP contribution is -2.36. The Morgan fingerprint density at radius 3 is 2.73 bits per heavy atom. The highest BCUT2D eigenvalue weighted by atomic mass is 19.1. The Morgan fingerprint density at radius 1 is 1.19 bits per heavy atom. The maximum absolute atomic E-state index is 13.6. The third kappa shape index (κ3) is 4.03. The van der Waals surface area contributed by atoms with Gasteiger partial charge in [-0.3, -0.25) is 4.79 Å². The Balaban J connectivity index is 1.76. The number of ether oxygens (including phenoxy) is 3. The van der Waals surface area contributed by atoms with Gasteiger partial charge in [0.15, 0.2) is 29.7 Å². The van der Waals surface area contributed by atoms with Gasteiger partial charge in [-0.15, -0.1) is 0 Å². The number of amides is 1. The molecule has 0 saturated heterocycles. The molecule has 0 atom stereocenters. The zero-order valence-corrected chi connectivity index (χ0v) is 14.0.